The molecule has 98 valence electrons. The zero-order valence-corrected chi connectivity index (χ0v) is 10.5. The van der Waals surface area contributed by atoms with Crippen LogP contribution in [0.15, 0.2) is 36.4 Å². The number of allylic oxidation sites excluding steroid dienone is 2. The van der Waals surface area contributed by atoms with E-state index in [1.165, 1.54) is 18.6 Å². The fraction of sp³-hybridized carbons (Fsp3) is 0.467. The molecule has 0 spiro atoms. The van der Waals surface area contributed by atoms with Crippen molar-refractivity contribution in [2.75, 3.05) is 13.1 Å². The molecular weight excluding hydrogens is 229 g/mol. The summed E-state index contributed by atoms with van der Waals surface area (Å²) in [6, 6.07) is 6.02. The third kappa shape index (κ3) is 3.93. The molecule has 2 unspecified atom stereocenters. The van der Waals surface area contributed by atoms with Gasteiger partial charge in [-0.2, -0.15) is 0 Å². The monoisotopic (exact) mass is 249 g/mol. The molecule has 0 aliphatic heterocycles. The lowest BCUT2D eigenvalue weighted by atomic mass is 9.94. The lowest BCUT2D eigenvalue weighted by Crippen LogP contribution is -2.27. The minimum Gasteiger partial charge on any atom is -0.387 e. The average Bonchev–Trinajstić information content (AvgIpc) is 2.40. The Hall–Kier alpha value is -1.19. The molecule has 1 aromatic rings. The van der Waals surface area contributed by atoms with Crippen molar-refractivity contribution in [1.29, 1.82) is 0 Å². The van der Waals surface area contributed by atoms with Gasteiger partial charge >= 0.3 is 0 Å². The van der Waals surface area contributed by atoms with Crippen LogP contribution in [-0.4, -0.2) is 18.2 Å². The molecule has 2 atom stereocenters. The summed E-state index contributed by atoms with van der Waals surface area (Å²) in [4.78, 5) is 0. The number of rotatable bonds is 5. The Morgan fingerprint density at radius 2 is 2.06 bits per heavy atom. The molecule has 0 heterocycles. The van der Waals surface area contributed by atoms with Crippen LogP contribution < -0.4 is 5.32 Å². The van der Waals surface area contributed by atoms with Gasteiger partial charge < -0.3 is 10.4 Å². The van der Waals surface area contributed by atoms with Gasteiger partial charge in [0.2, 0.25) is 0 Å². The number of halogens is 1. The molecule has 1 aromatic carbocycles. The molecule has 2 N–H and O–H groups in total. The van der Waals surface area contributed by atoms with E-state index in [-0.39, 0.29) is 5.82 Å². The van der Waals surface area contributed by atoms with Crippen LogP contribution >= 0.6 is 0 Å². The second-order valence-electron chi connectivity index (χ2n) is 4.88. The molecule has 2 nitrogen and oxygen atoms in total. The number of aliphatic hydroxyl groups is 1. The van der Waals surface area contributed by atoms with Crippen molar-refractivity contribution in [2.24, 2.45) is 5.92 Å². The molecule has 0 saturated carbocycles. The van der Waals surface area contributed by atoms with Crippen molar-refractivity contribution in [3.8, 4) is 0 Å². The van der Waals surface area contributed by atoms with Gasteiger partial charge in [0.05, 0.1) is 6.10 Å². The topological polar surface area (TPSA) is 32.3 Å². The van der Waals surface area contributed by atoms with Crippen molar-refractivity contribution in [3.05, 3.63) is 47.8 Å². The fourth-order valence-electron chi connectivity index (χ4n) is 2.27. The van der Waals surface area contributed by atoms with E-state index in [1.807, 2.05) is 0 Å². The summed E-state index contributed by atoms with van der Waals surface area (Å²) in [5.41, 5.74) is 0.757. The van der Waals surface area contributed by atoms with E-state index in [1.54, 1.807) is 12.1 Å². The molecule has 1 aliphatic carbocycles. The second-order valence-corrected chi connectivity index (χ2v) is 4.88. The van der Waals surface area contributed by atoms with Crippen LogP contribution in [-0.2, 0) is 0 Å². The van der Waals surface area contributed by atoms with Crippen molar-refractivity contribution in [3.63, 3.8) is 0 Å². The molecular formula is C15H20FNO. The molecule has 0 amide bonds. The molecule has 0 bridgehead atoms. The fourth-order valence-corrected chi connectivity index (χ4v) is 2.27. The van der Waals surface area contributed by atoms with E-state index in [0.29, 0.717) is 12.5 Å². The first-order chi connectivity index (χ1) is 8.75. The number of hydrogen-bond donors (Lipinski definition) is 2. The third-order valence-corrected chi connectivity index (χ3v) is 3.40. The lowest BCUT2D eigenvalue weighted by Gasteiger charge is -2.19. The van der Waals surface area contributed by atoms with Crippen molar-refractivity contribution in [2.45, 2.75) is 25.4 Å². The summed E-state index contributed by atoms with van der Waals surface area (Å²) in [6.07, 6.45) is 7.39. The van der Waals surface area contributed by atoms with E-state index in [0.717, 1.165) is 24.9 Å². The highest BCUT2D eigenvalue weighted by Gasteiger charge is 2.11. The Kier molecular flexibility index (Phi) is 4.90. The maximum Gasteiger partial charge on any atom is 0.123 e. The molecule has 18 heavy (non-hydrogen) atoms. The highest BCUT2D eigenvalue weighted by molar-refractivity contribution is 5.18. The molecule has 3 heteroatoms. The lowest BCUT2D eigenvalue weighted by molar-refractivity contribution is 0.172. The number of hydrogen-bond acceptors (Lipinski definition) is 2. The highest BCUT2D eigenvalue weighted by Crippen LogP contribution is 2.17. The molecule has 0 saturated heterocycles. The van der Waals surface area contributed by atoms with Crippen LogP contribution in [0.5, 0.6) is 0 Å². The first kappa shape index (κ1) is 13.2. The van der Waals surface area contributed by atoms with Crippen molar-refractivity contribution >= 4 is 0 Å². The first-order valence-electron chi connectivity index (χ1n) is 6.55. The normalized spacial score (nSPS) is 20.9. The largest absolute Gasteiger partial charge is 0.387 e. The van der Waals surface area contributed by atoms with Gasteiger partial charge in [0.1, 0.15) is 5.82 Å². The van der Waals surface area contributed by atoms with Gasteiger partial charge in [-0.05, 0) is 49.4 Å². The van der Waals surface area contributed by atoms with Crippen LogP contribution in [0.4, 0.5) is 4.39 Å². The maximum absolute atomic E-state index is 12.7. The zero-order chi connectivity index (χ0) is 12.8. The van der Waals surface area contributed by atoms with Crippen molar-refractivity contribution in [1.82, 2.24) is 5.32 Å². The Morgan fingerprint density at radius 1 is 1.28 bits per heavy atom. The summed E-state index contributed by atoms with van der Waals surface area (Å²) in [7, 11) is 0. The predicted octanol–water partition coefficient (Wildman–Crippen LogP) is 2.81. The van der Waals surface area contributed by atoms with Crippen LogP contribution in [0, 0.1) is 11.7 Å². The third-order valence-electron chi connectivity index (χ3n) is 3.40. The number of aliphatic hydroxyl groups excluding tert-OH is 1. The Balaban J connectivity index is 1.72. The van der Waals surface area contributed by atoms with Crippen LogP contribution in [0.25, 0.3) is 0 Å². The summed E-state index contributed by atoms with van der Waals surface area (Å²) in [5, 5.41) is 13.2. The Bertz CT molecular complexity index is 388. The van der Waals surface area contributed by atoms with Gasteiger partial charge in [-0.1, -0.05) is 24.3 Å². The SMILES string of the molecule is OC(CNCC1CC=CCC1)c1ccc(F)cc1. The van der Waals surface area contributed by atoms with Crippen molar-refractivity contribution < 1.29 is 9.50 Å². The van der Waals surface area contributed by atoms with Gasteiger partial charge in [-0.3, -0.25) is 0 Å². The van der Waals surface area contributed by atoms with E-state index in [4.69, 9.17) is 0 Å². The van der Waals surface area contributed by atoms with Gasteiger partial charge in [-0.25, -0.2) is 4.39 Å². The van der Waals surface area contributed by atoms with E-state index in [9.17, 15) is 9.50 Å². The summed E-state index contributed by atoms with van der Waals surface area (Å²) in [5.74, 6) is 0.406. The van der Waals surface area contributed by atoms with Gasteiger partial charge in [0.15, 0.2) is 0 Å². The highest BCUT2D eigenvalue weighted by atomic mass is 19.1. The van der Waals surface area contributed by atoms with E-state index >= 15 is 0 Å². The zero-order valence-electron chi connectivity index (χ0n) is 10.5. The summed E-state index contributed by atoms with van der Waals surface area (Å²) >= 11 is 0. The number of benzene rings is 1. The minimum absolute atomic E-state index is 0.270. The smallest absolute Gasteiger partial charge is 0.123 e. The molecule has 0 radical (unpaired) electrons. The average molecular weight is 249 g/mol. The van der Waals surface area contributed by atoms with Gasteiger partial charge in [0.25, 0.3) is 0 Å². The van der Waals surface area contributed by atoms with Crippen LogP contribution in [0.3, 0.4) is 0 Å². The predicted molar refractivity (Wildman–Crippen MR) is 70.7 cm³/mol. The summed E-state index contributed by atoms with van der Waals surface area (Å²) in [6.45, 7) is 1.45. The molecule has 0 fully saturated rings. The Morgan fingerprint density at radius 3 is 2.72 bits per heavy atom. The standard InChI is InChI=1S/C15H20FNO/c16-14-8-6-13(7-9-14)15(18)11-17-10-12-4-2-1-3-5-12/h1-2,6-9,12,15,17-18H,3-5,10-11H2. The van der Waals surface area contributed by atoms with E-state index in [2.05, 4.69) is 17.5 Å². The minimum atomic E-state index is -0.565. The summed E-state index contributed by atoms with van der Waals surface area (Å²) < 4.78 is 12.7. The maximum atomic E-state index is 12.7. The van der Waals surface area contributed by atoms with E-state index < -0.39 is 6.10 Å². The Labute approximate surface area is 108 Å². The molecule has 0 aromatic heterocycles. The second kappa shape index (κ2) is 6.66. The number of nitrogens with one attached hydrogen (secondary N) is 1. The quantitative estimate of drug-likeness (QED) is 0.786. The first-order valence-corrected chi connectivity index (χ1v) is 6.55. The van der Waals surface area contributed by atoms with Gasteiger partial charge in [-0.15, -0.1) is 0 Å². The van der Waals surface area contributed by atoms with Crippen LogP contribution in [0.1, 0.15) is 30.9 Å². The molecule has 1 aliphatic rings. The molecule has 2 rings (SSSR count). The van der Waals surface area contributed by atoms with Gasteiger partial charge in [0, 0.05) is 6.54 Å². The van der Waals surface area contributed by atoms with Crippen LogP contribution in [0.2, 0.25) is 0 Å².